The lowest BCUT2D eigenvalue weighted by Crippen LogP contribution is -2.40. The Kier molecular flexibility index (Phi) is 58.6. The normalized spacial score (nSPS) is 11.9. The second-order valence-corrected chi connectivity index (χ2v) is 22.5. The fourth-order valence-electron chi connectivity index (χ4n) is 10.0. The van der Waals surface area contributed by atoms with Gasteiger partial charge in [0.1, 0.15) is 5.78 Å². The standard InChI is InChI=1S/C62H123BrO4/c1-4-7-10-13-16-19-22-25-28-31-34-37-40-43-46-49-54-65-58-62(57-61(64)52-53-63,59-66-55-50-47-44-41-38-35-32-29-26-23-20-17-14-11-8-5-2)60-67-56-51-48-45-42-39-36-33-30-27-24-21-18-15-12-9-6-3/h4-60H2,1-3H3. The zero-order valence-electron chi connectivity index (χ0n) is 46.3. The van der Waals surface area contributed by atoms with Crippen molar-refractivity contribution in [1.29, 1.82) is 0 Å². The smallest absolute Gasteiger partial charge is 0.134 e. The maximum atomic E-state index is 13.2. The van der Waals surface area contributed by atoms with Gasteiger partial charge in [-0.1, -0.05) is 326 Å². The van der Waals surface area contributed by atoms with E-state index in [0.717, 1.165) is 39.1 Å². The largest absolute Gasteiger partial charge is 0.381 e. The molecule has 0 amide bonds. The van der Waals surface area contributed by atoms with Crippen LogP contribution in [0.5, 0.6) is 0 Å². The van der Waals surface area contributed by atoms with Gasteiger partial charge in [0.2, 0.25) is 0 Å². The minimum absolute atomic E-state index is 0.292. The number of unbranched alkanes of at least 4 members (excludes halogenated alkanes) is 45. The van der Waals surface area contributed by atoms with Crippen molar-refractivity contribution < 1.29 is 19.0 Å². The van der Waals surface area contributed by atoms with Gasteiger partial charge in [-0.2, -0.15) is 0 Å². The molecule has 0 fully saturated rings. The van der Waals surface area contributed by atoms with Gasteiger partial charge in [0.15, 0.2) is 0 Å². The summed E-state index contributed by atoms with van der Waals surface area (Å²) < 4.78 is 19.3. The molecular formula is C62H123BrO4. The molecule has 67 heavy (non-hydrogen) atoms. The van der Waals surface area contributed by atoms with Crippen LogP contribution in [-0.2, 0) is 19.0 Å². The number of ether oxygens (including phenoxy) is 3. The highest BCUT2D eigenvalue weighted by Gasteiger charge is 2.34. The van der Waals surface area contributed by atoms with Crippen LogP contribution in [0.25, 0.3) is 0 Å². The summed E-state index contributed by atoms with van der Waals surface area (Å²) in [5, 5.41) is 0.710. The summed E-state index contributed by atoms with van der Waals surface area (Å²) >= 11 is 3.53. The van der Waals surface area contributed by atoms with Crippen LogP contribution < -0.4 is 0 Å². The summed E-state index contributed by atoms with van der Waals surface area (Å²) in [4.78, 5) is 13.2. The lowest BCUT2D eigenvalue weighted by atomic mass is 9.84. The van der Waals surface area contributed by atoms with Crippen LogP contribution in [0.4, 0.5) is 0 Å². The molecule has 0 rings (SSSR count). The second kappa shape index (κ2) is 58.6. The first-order valence-electron chi connectivity index (χ1n) is 30.9. The third kappa shape index (κ3) is 53.7. The maximum absolute atomic E-state index is 13.2. The summed E-state index contributed by atoms with van der Waals surface area (Å²) in [5.74, 6) is 0.292. The number of halogens is 1. The lowest BCUT2D eigenvalue weighted by Gasteiger charge is -2.33. The van der Waals surface area contributed by atoms with Crippen LogP contribution in [0.2, 0.25) is 0 Å². The van der Waals surface area contributed by atoms with Gasteiger partial charge in [-0.3, -0.25) is 4.79 Å². The Morgan fingerprint density at radius 1 is 0.299 bits per heavy atom. The fourth-order valence-corrected chi connectivity index (χ4v) is 10.5. The molecule has 402 valence electrons. The van der Waals surface area contributed by atoms with E-state index in [0.29, 0.717) is 43.8 Å². The molecule has 0 aliphatic rings. The monoisotopic (exact) mass is 1010 g/mol. The highest BCUT2D eigenvalue weighted by atomic mass is 79.9. The van der Waals surface area contributed by atoms with Crippen LogP contribution in [0, 0.1) is 5.41 Å². The van der Waals surface area contributed by atoms with Gasteiger partial charge in [-0.25, -0.2) is 0 Å². The first-order chi connectivity index (χ1) is 33.1. The Morgan fingerprint density at radius 2 is 0.478 bits per heavy atom. The molecule has 0 heterocycles. The molecule has 0 aliphatic carbocycles. The summed E-state index contributed by atoms with van der Waals surface area (Å²) in [5.41, 5.74) is -0.404. The quantitative estimate of drug-likeness (QED) is 0.0450. The number of Topliss-reactive ketones (excluding diaryl/α,β-unsaturated/α-hetero) is 1. The van der Waals surface area contributed by atoms with Gasteiger partial charge < -0.3 is 14.2 Å². The molecule has 0 atom stereocenters. The van der Waals surface area contributed by atoms with Gasteiger partial charge >= 0.3 is 0 Å². The van der Waals surface area contributed by atoms with E-state index in [9.17, 15) is 4.79 Å². The van der Waals surface area contributed by atoms with Crippen molar-refractivity contribution in [3.8, 4) is 0 Å². The highest BCUT2D eigenvalue weighted by molar-refractivity contribution is 9.09. The lowest BCUT2D eigenvalue weighted by molar-refractivity contribution is -0.128. The van der Waals surface area contributed by atoms with Gasteiger partial charge in [0.25, 0.3) is 0 Å². The van der Waals surface area contributed by atoms with Crippen molar-refractivity contribution in [1.82, 2.24) is 0 Å². The average molecular weight is 1010 g/mol. The first kappa shape index (κ1) is 67.0. The summed E-state index contributed by atoms with van der Waals surface area (Å²) in [6.45, 7) is 10.9. The van der Waals surface area contributed by atoms with E-state index in [-0.39, 0.29) is 0 Å². The Balaban J connectivity index is 4.57. The molecule has 0 saturated carbocycles. The molecule has 0 unspecified atom stereocenters. The molecule has 0 aromatic carbocycles. The highest BCUT2D eigenvalue weighted by Crippen LogP contribution is 2.27. The molecule has 0 aromatic rings. The van der Waals surface area contributed by atoms with E-state index < -0.39 is 5.41 Å². The molecule has 0 bridgehead atoms. The Labute approximate surface area is 430 Å². The van der Waals surface area contributed by atoms with Gasteiger partial charge in [-0.05, 0) is 19.3 Å². The Hall–Kier alpha value is 0.0300. The molecule has 0 aromatic heterocycles. The Morgan fingerprint density at radius 3 is 0.657 bits per heavy atom. The Bertz CT molecular complexity index is 814. The van der Waals surface area contributed by atoms with Crippen molar-refractivity contribution in [2.45, 2.75) is 342 Å². The number of alkyl halides is 1. The zero-order chi connectivity index (χ0) is 48.5. The fraction of sp³-hybridized carbons (Fsp3) is 0.984. The molecule has 4 nitrogen and oxygen atoms in total. The van der Waals surface area contributed by atoms with Gasteiger partial charge in [0, 0.05) is 43.4 Å². The zero-order valence-corrected chi connectivity index (χ0v) is 47.9. The van der Waals surface area contributed by atoms with Crippen LogP contribution >= 0.6 is 15.9 Å². The topological polar surface area (TPSA) is 44.8 Å². The molecular weight excluding hydrogens is 889 g/mol. The summed E-state index contributed by atoms with van der Waals surface area (Å²) in [6.07, 6.45) is 67.1. The average Bonchev–Trinajstić information content (AvgIpc) is 3.33. The number of carbonyl (C=O) groups excluding carboxylic acids is 1. The molecule has 0 saturated heterocycles. The second-order valence-electron chi connectivity index (χ2n) is 21.7. The van der Waals surface area contributed by atoms with Gasteiger partial charge in [-0.15, -0.1) is 0 Å². The minimum atomic E-state index is -0.404. The van der Waals surface area contributed by atoms with E-state index in [2.05, 4.69) is 36.7 Å². The number of hydrogen-bond acceptors (Lipinski definition) is 4. The first-order valence-corrected chi connectivity index (χ1v) is 32.1. The van der Waals surface area contributed by atoms with Crippen LogP contribution in [0.15, 0.2) is 0 Å². The minimum Gasteiger partial charge on any atom is -0.381 e. The summed E-state index contributed by atoms with van der Waals surface area (Å²) in [7, 11) is 0. The van der Waals surface area contributed by atoms with Crippen molar-refractivity contribution in [2.24, 2.45) is 5.41 Å². The number of rotatable bonds is 61. The van der Waals surface area contributed by atoms with E-state index in [4.69, 9.17) is 14.2 Å². The van der Waals surface area contributed by atoms with Crippen molar-refractivity contribution in [2.75, 3.05) is 45.0 Å². The van der Waals surface area contributed by atoms with E-state index in [1.807, 2.05) is 0 Å². The molecule has 0 spiro atoms. The van der Waals surface area contributed by atoms with Crippen molar-refractivity contribution >= 4 is 21.7 Å². The number of hydrogen-bond donors (Lipinski definition) is 0. The number of carbonyl (C=O) groups is 1. The predicted octanol–water partition coefficient (Wildman–Crippen LogP) is 21.6. The predicted molar refractivity (Wildman–Crippen MR) is 302 cm³/mol. The molecule has 0 N–H and O–H groups in total. The van der Waals surface area contributed by atoms with Crippen molar-refractivity contribution in [3.05, 3.63) is 0 Å². The molecule has 0 radical (unpaired) electrons. The third-order valence-corrected chi connectivity index (χ3v) is 15.0. The maximum Gasteiger partial charge on any atom is 0.134 e. The van der Waals surface area contributed by atoms with E-state index >= 15 is 0 Å². The van der Waals surface area contributed by atoms with Gasteiger partial charge in [0.05, 0.1) is 19.8 Å². The molecule has 5 heteroatoms. The van der Waals surface area contributed by atoms with E-state index in [1.165, 1.54) is 289 Å². The van der Waals surface area contributed by atoms with Crippen molar-refractivity contribution in [3.63, 3.8) is 0 Å². The number of ketones is 1. The molecule has 0 aliphatic heterocycles. The van der Waals surface area contributed by atoms with Crippen LogP contribution in [0.1, 0.15) is 342 Å². The SMILES string of the molecule is CCCCCCCCCCCCCCCCCCOCC(COCCCCCCCCCCCCCCCCCC)(COCCCCCCCCCCCCCCCCCC)CC(=O)CCBr. The van der Waals surface area contributed by atoms with Crippen LogP contribution in [-0.4, -0.2) is 50.8 Å². The van der Waals surface area contributed by atoms with E-state index in [1.54, 1.807) is 0 Å². The third-order valence-electron chi connectivity index (χ3n) is 14.6. The summed E-state index contributed by atoms with van der Waals surface area (Å²) in [6, 6.07) is 0. The van der Waals surface area contributed by atoms with Crippen LogP contribution in [0.3, 0.4) is 0 Å².